The summed E-state index contributed by atoms with van der Waals surface area (Å²) >= 11 is 0. The minimum Gasteiger partial charge on any atom is -0.417 e. The van der Waals surface area contributed by atoms with Gasteiger partial charge in [0.15, 0.2) is 0 Å². The topological polar surface area (TPSA) is 38.7 Å². The molecule has 0 aliphatic carbocycles. The SMILES string of the molecule is COBOC(C)(C)C(C)(C)O. The van der Waals surface area contributed by atoms with Crippen LogP contribution < -0.4 is 0 Å². The standard InChI is InChI=1S/C7H17BO3/c1-6(2,9)7(3,4)11-8-10-5/h8-9H,1-5H3. The first-order chi connectivity index (χ1) is 4.81. The van der Waals surface area contributed by atoms with E-state index in [0.29, 0.717) is 0 Å². The van der Waals surface area contributed by atoms with Crippen LogP contribution in [0.4, 0.5) is 0 Å². The third kappa shape index (κ3) is 3.23. The Balaban J connectivity index is 4.00. The molecule has 0 atom stereocenters. The van der Waals surface area contributed by atoms with Gasteiger partial charge in [-0.15, -0.1) is 0 Å². The summed E-state index contributed by atoms with van der Waals surface area (Å²) in [5.74, 6) is 0. The molecule has 0 amide bonds. The van der Waals surface area contributed by atoms with E-state index < -0.39 is 11.2 Å². The smallest absolute Gasteiger partial charge is 0.417 e. The molecule has 66 valence electrons. The second kappa shape index (κ2) is 3.56. The van der Waals surface area contributed by atoms with Gasteiger partial charge >= 0.3 is 7.69 Å². The third-order valence-electron chi connectivity index (χ3n) is 2.01. The quantitative estimate of drug-likeness (QED) is 0.607. The average Bonchev–Trinajstić information content (AvgIpc) is 1.81. The van der Waals surface area contributed by atoms with Crippen molar-refractivity contribution < 1.29 is 14.4 Å². The van der Waals surface area contributed by atoms with Crippen molar-refractivity contribution in [3.63, 3.8) is 0 Å². The summed E-state index contributed by atoms with van der Waals surface area (Å²) in [5, 5.41) is 9.59. The van der Waals surface area contributed by atoms with Gasteiger partial charge in [-0.05, 0) is 27.7 Å². The Hall–Kier alpha value is -0.0551. The first kappa shape index (κ1) is 10.9. The maximum absolute atomic E-state index is 9.59. The van der Waals surface area contributed by atoms with E-state index in [1.54, 1.807) is 21.0 Å². The Kier molecular flexibility index (Phi) is 3.54. The van der Waals surface area contributed by atoms with Crippen LogP contribution in [-0.2, 0) is 9.31 Å². The van der Waals surface area contributed by atoms with E-state index in [0.717, 1.165) is 0 Å². The molecular formula is C7H17BO3. The molecule has 0 aliphatic rings. The molecule has 0 fully saturated rings. The van der Waals surface area contributed by atoms with Gasteiger partial charge in [0.2, 0.25) is 0 Å². The van der Waals surface area contributed by atoms with Gasteiger partial charge in [0.25, 0.3) is 0 Å². The van der Waals surface area contributed by atoms with Crippen LogP contribution in [0.5, 0.6) is 0 Å². The Morgan fingerprint density at radius 3 is 1.91 bits per heavy atom. The molecule has 0 saturated heterocycles. The van der Waals surface area contributed by atoms with Gasteiger partial charge in [-0.2, -0.15) is 0 Å². The highest BCUT2D eigenvalue weighted by Gasteiger charge is 2.35. The minimum atomic E-state index is -0.856. The first-order valence-corrected chi connectivity index (χ1v) is 3.66. The molecule has 0 aromatic carbocycles. The van der Waals surface area contributed by atoms with E-state index in [2.05, 4.69) is 0 Å². The van der Waals surface area contributed by atoms with Gasteiger partial charge in [-0.1, -0.05) is 0 Å². The van der Waals surface area contributed by atoms with Crippen LogP contribution in [0.2, 0.25) is 0 Å². The maximum atomic E-state index is 9.59. The molecule has 0 rings (SSSR count). The van der Waals surface area contributed by atoms with Crippen molar-refractivity contribution in [3.05, 3.63) is 0 Å². The minimum absolute atomic E-state index is 0.205. The molecule has 4 heteroatoms. The molecule has 0 radical (unpaired) electrons. The van der Waals surface area contributed by atoms with E-state index in [1.165, 1.54) is 0 Å². The molecule has 0 heterocycles. The normalized spacial score (nSPS) is 13.3. The van der Waals surface area contributed by atoms with Gasteiger partial charge in [-0.3, -0.25) is 0 Å². The highest BCUT2D eigenvalue weighted by molar-refractivity contribution is 6.18. The first-order valence-electron chi connectivity index (χ1n) is 3.66. The molecule has 0 saturated carbocycles. The zero-order valence-electron chi connectivity index (χ0n) is 7.97. The van der Waals surface area contributed by atoms with Crippen molar-refractivity contribution >= 4 is 7.69 Å². The molecule has 0 bridgehead atoms. The molecule has 0 aromatic rings. The monoisotopic (exact) mass is 160 g/mol. The van der Waals surface area contributed by atoms with Crippen molar-refractivity contribution in [3.8, 4) is 0 Å². The van der Waals surface area contributed by atoms with E-state index in [4.69, 9.17) is 9.31 Å². The van der Waals surface area contributed by atoms with Crippen LogP contribution in [0, 0.1) is 0 Å². The van der Waals surface area contributed by atoms with Crippen LogP contribution in [0.15, 0.2) is 0 Å². The summed E-state index contributed by atoms with van der Waals surface area (Å²) in [7, 11) is 1.76. The summed E-state index contributed by atoms with van der Waals surface area (Å²) in [6, 6.07) is 0. The van der Waals surface area contributed by atoms with Crippen LogP contribution in [-0.4, -0.2) is 31.1 Å². The van der Waals surface area contributed by atoms with Gasteiger partial charge < -0.3 is 14.4 Å². The van der Waals surface area contributed by atoms with Crippen molar-refractivity contribution in [1.82, 2.24) is 0 Å². The van der Waals surface area contributed by atoms with E-state index in [1.807, 2.05) is 13.8 Å². The van der Waals surface area contributed by atoms with Crippen molar-refractivity contribution in [2.45, 2.75) is 38.9 Å². The summed E-state index contributed by atoms with van der Waals surface area (Å²) in [5.41, 5.74) is -1.44. The number of rotatable bonds is 4. The van der Waals surface area contributed by atoms with E-state index in [9.17, 15) is 5.11 Å². The molecule has 1 N–H and O–H groups in total. The summed E-state index contributed by atoms with van der Waals surface area (Å²) in [4.78, 5) is 0. The van der Waals surface area contributed by atoms with Crippen LogP contribution in [0.25, 0.3) is 0 Å². The summed E-state index contributed by atoms with van der Waals surface area (Å²) < 4.78 is 10.0. The number of aliphatic hydroxyl groups is 1. The predicted octanol–water partition coefficient (Wildman–Crippen LogP) is 0.465. The fourth-order valence-corrected chi connectivity index (χ4v) is 0.383. The second-order valence-corrected chi connectivity index (χ2v) is 3.62. The van der Waals surface area contributed by atoms with Crippen LogP contribution in [0.3, 0.4) is 0 Å². The highest BCUT2D eigenvalue weighted by Crippen LogP contribution is 2.23. The lowest BCUT2D eigenvalue weighted by Gasteiger charge is -2.37. The third-order valence-corrected chi connectivity index (χ3v) is 2.01. The van der Waals surface area contributed by atoms with E-state index >= 15 is 0 Å². The van der Waals surface area contributed by atoms with Crippen molar-refractivity contribution in [2.75, 3.05) is 7.11 Å². The van der Waals surface area contributed by atoms with E-state index in [-0.39, 0.29) is 7.69 Å². The Morgan fingerprint density at radius 2 is 1.64 bits per heavy atom. The fraction of sp³-hybridized carbons (Fsp3) is 1.00. The molecular weight excluding hydrogens is 143 g/mol. The van der Waals surface area contributed by atoms with Crippen molar-refractivity contribution in [1.29, 1.82) is 0 Å². The lowest BCUT2D eigenvalue weighted by molar-refractivity contribution is -0.0967. The average molecular weight is 160 g/mol. The Labute approximate surface area is 69.0 Å². The second-order valence-electron chi connectivity index (χ2n) is 3.62. The zero-order valence-corrected chi connectivity index (χ0v) is 7.97. The largest absolute Gasteiger partial charge is 0.438 e. The molecule has 0 unspecified atom stereocenters. The number of hydrogen-bond donors (Lipinski definition) is 1. The highest BCUT2D eigenvalue weighted by atomic mass is 16.6. The summed E-state index contributed by atoms with van der Waals surface area (Å²) in [6.45, 7) is 7.07. The molecule has 0 spiro atoms. The molecule has 0 aromatic heterocycles. The van der Waals surface area contributed by atoms with Gasteiger partial charge in [-0.25, -0.2) is 0 Å². The lowest BCUT2D eigenvalue weighted by atomic mass is 9.89. The molecule has 0 aliphatic heterocycles. The zero-order chi connectivity index (χ0) is 9.12. The van der Waals surface area contributed by atoms with Crippen LogP contribution in [0.1, 0.15) is 27.7 Å². The maximum Gasteiger partial charge on any atom is 0.438 e. The predicted molar refractivity (Wildman–Crippen MR) is 45.6 cm³/mol. The summed E-state index contributed by atoms with van der Waals surface area (Å²) in [6.07, 6.45) is 0. The molecule has 11 heavy (non-hydrogen) atoms. The Morgan fingerprint density at radius 1 is 1.18 bits per heavy atom. The Bertz CT molecular complexity index is 117. The van der Waals surface area contributed by atoms with Gasteiger partial charge in [0.05, 0.1) is 11.2 Å². The lowest BCUT2D eigenvalue weighted by Crippen LogP contribution is -2.48. The van der Waals surface area contributed by atoms with Gasteiger partial charge in [0.1, 0.15) is 0 Å². The molecule has 3 nitrogen and oxygen atoms in total. The van der Waals surface area contributed by atoms with Crippen molar-refractivity contribution in [2.24, 2.45) is 0 Å². The van der Waals surface area contributed by atoms with Gasteiger partial charge in [0, 0.05) is 7.11 Å². The fourth-order valence-electron chi connectivity index (χ4n) is 0.383. The number of hydrogen-bond acceptors (Lipinski definition) is 3. The van der Waals surface area contributed by atoms with Crippen LogP contribution >= 0.6 is 0 Å².